The second-order valence-corrected chi connectivity index (χ2v) is 5.35. The maximum absolute atomic E-state index is 11.6. The highest BCUT2D eigenvalue weighted by Crippen LogP contribution is 2.20. The zero-order valence-electron chi connectivity index (χ0n) is 11.6. The van der Waals surface area contributed by atoms with Crippen LogP contribution in [0.15, 0.2) is 21.2 Å². The van der Waals surface area contributed by atoms with Gasteiger partial charge in [0, 0.05) is 30.3 Å². The molecular formula is C14H19N3O2S. The van der Waals surface area contributed by atoms with Crippen LogP contribution in [0, 0.1) is 0 Å². The molecule has 0 atom stereocenters. The van der Waals surface area contributed by atoms with Crippen LogP contribution in [0.1, 0.15) is 38.5 Å². The molecule has 2 heterocycles. The second kappa shape index (κ2) is 7.79. The van der Waals surface area contributed by atoms with Crippen LogP contribution in [-0.2, 0) is 11.2 Å². The van der Waals surface area contributed by atoms with Crippen molar-refractivity contribution in [1.29, 1.82) is 0 Å². The largest absolute Gasteiger partial charge is 0.421 e. The first-order chi connectivity index (χ1) is 9.79. The van der Waals surface area contributed by atoms with Crippen LogP contribution in [-0.4, -0.2) is 22.6 Å². The molecule has 5 nitrogen and oxygen atoms in total. The number of rotatable bonds is 8. The molecule has 0 aliphatic heterocycles. The third-order valence-electron chi connectivity index (χ3n) is 2.90. The van der Waals surface area contributed by atoms with Crippen LogP contribution in [0.2, 0.25) is 0 Å². The van der Waals surface area contributed by atoms with Gasteiger partial charge in [-0.1, -0.05) is 19.8 Å². The summed E-state index contributed by atoms with van der Waals surface area (Å²) in [6, 6.07) is 1.93. The van der Waals surface area contributed by atoms with Gasteiger partial charge in [-0.25, -0.2) is 0 Å². The first-order valence-corrected chi connectivity index (χ1v) is 7.85. The molecule has 0 radical (unpaired) electrons. The van der Waals surface area contributed by atoms with E-state index in [-0.39, 0.29) is 5.91 Å². The minimum atomic E-state index is 0.0383. The minimum Gasteiger partial charge on any atom is -0.421 e. The Labute approximate surface area is 122 Å². The zero-order valence-corrected chi connectivity index (χ0v) is 12.4. The molecule has 2 rings (SSSR count). The number of amides is 1. The Morgan fingerprint density at radius 2 is 2.30 bits per heavy atom. The Balaban J connectivity index is 1.73. The van der Waals surface area contributed by atoms with Crippen molar-refractivity contribution >= 4 is 17.2 Å². The number of nitrogens with zero attached hydrogens (tertiary/aromatic N) is 2. The summed E-state index contributed by atoms with van der Waals surface area (Å²) >= 11 is 1.58. The van der Waals surface area contributed by atoms with Gasteiger partial charge in [0.2, 0.25) is 17.7 Å². The molecule has 0 spiro atoms. The average molecular weight is 293 g/mol. The lowest BCUT2D eigenvalue weighted by molar-refractivity contribution is -0.121. The smallest absolute Gasteiger partial charge is 0.248 e. The van der Waals surface area contributed by atoms with E-state index in [9.17, 15) is 4.79 Å². The summed E-state index contributed by atoms with van der Waals surface area (Å²) in [6.07, 6.45) is 4.20. The summed E-state index contributed by atoms with van der Waals surface area (Å²) in [5.41, 5.74) is 0.928. The van der Waals surface area contributed by atoms with Crippen LogP contribution in [0.4, 0.5) is 0 Å². The summed E-state index contributed by atoms with van der Waals surface area (Å²) < 4.78 is 5.53. The summed E-state index contributed by atoms with van der Waals surface area (Å²) in [7, 11) is 0. The lowest BCUT2D eigenvalue weighted by Gasteiger charge is -2.02. The van der Waals surface area contributed by atoms with Crippen LogP contribution in [0.3, 0.4) is 0 Å². The molecule has 0 bridgehead atoms. The molecule has 0 saturated heterocycles. The zero-order chi connectivity index (χ0) is 14.2. The maximum atomic E-state index is 11.6. The summed E-state index contributed by atoms with van der Waals surface area (Å²) in [5.74, 6) is 1.07. The molecule has 6 heteroatoms. The van der Waals surface area contributed by atoms with Crippen molar-refractivity contribution < 1.29 is 9.21 Å². The molecule has 0 aliphatic carbocycles. The van der Waals surface area contributed by atoms with Crippen molar-refractivity contribution in [3.8, 4) is 11.5 Å². The minimum absolute atomic E-state index is 0.0383. The van der Waals surface area contributed by atoms with Gasteiger partial charge in [-0.2, -0.15) is 11.3 Å². The molecule has 2 aromatic heterocycles. The normalized spacial score (nSPS) is 10.7. The molecule has 1 amide bonds. The highest BCUT2D eigenvalue weighted by Gasteiger charge is 2.10. The van der Waals surface area contributed by atoms with Crippen LogP contribution >= 0.6 is 11.3 Å². The van der Waals surface area contributed by atoms with Crippen molar-refractivity contribution in [2.24, 2.45) is 0 Å². The van der Waals surface area contributed by atoms with E-state index in [1.54, 1.807) is 11.3 Å². The predicted octanol–water partition coefficient (Wildman–Crippen LogP) is 3.04. The lowest BCUT2D eigenvalue weighted by atomic mass is 10.2. The number of thiophene rings is 1. The van der Waals surface area contributed by atoms with E-state index in [0.29, 0.717) is 24.6 Å². The van der Waals surface area contributed by atoms with Gasteiger partial charge in [0.15, 0.2) is 0 Å². The van der Waals surface area contributed by atoms with Gasteiger partial charge in [-0.3, -0.25) is 4.79 Å². The monoisotopic (exact) mass is 293 g/mol. The third kappa shape index (κ3) is 4.45. The summed E-state index contributed by atoms with van der Waals surface area (Å²) in [4.78, 5) is 11.6. The molecule has 2 aromatic rings. The first-order valence-electron chi connectivity index (χ1n) is 6.91. The molecule has 108 valence electrons. The summed E-state index contributed by atoms with van der Waals surface area (Å²) in [5, 5.41) is 14.8. The molecule has 20 heavy (non-hydrogen) atoms. The SMILES string of the molecule is CCCCCNC(=O)CCc1nnc(-c2ccsc2)o1. The Bertz CT molecular complexity index is 522. The Morgan fingerprint density at radius 3 is 3.05 bits per heavy atom. The number of carbonyl (C=O) groups is 1. The fourth-order valence-electron chi connectivity index (χ4n) is 1.77. The number of aromatic nitrogens is 2. The number of nitrogens with one attached hydrogen (secondary N) is 1. The lowest BCUT2D eigenvalue weighted by Crippen LogP contribution is -2.24. The topological polar surface area (TPSA) is 68.0 Å². The van der Waals surface area contributed by atoms with E-state index in [4.69, 9.17) is 4.42 Å². The molecule has 0 saturated carbocycles. The molecular weight excluding hydrogens is 274 g/mol. The van der Waals surface area contributed by atoms with Crippen molar-refractivity contribution in [2.45, 2.75) is 39.0 Å². The van der Waals surface area contributed by atoms with Gasteiger partial charge in [0.25, 0.3) is 0 Å². The van der Waals surface area contributed by atoms with Crippen molar-refractivity contribution in [2.75, 3.05) is 6.54 Å². The van der Waals surface area contributed by atoms with E-state index in [0.717, 1.165) is 31.4 Å². The van der Waals surface area contributed by atoms with E-state index in [1.807, 2.05) is 16.8 Å². The number of unbranched alkanes of at least 4 members (excludes halogenated alkanes) is 2. The molecule has 0 aromatic carbocycles. The molecule has 0 unspecified atom stereocenters. The molecule has 0 fully saturated rings. The van der Waals surface area contributed by atoms with Gasteiger partial charge in [-0.15, -0.1) is 10.2 Å². The third-order valence-corrected chi connectivity index (χ3v) is 3.59. The standard InChI is InChI=1S/C14H19N3O2S/c1-2-3-4-8-15-12(18)5-6-13-16-17-14(19-13)11-7-9-20-10-11/h7,9-10H,2-6,8H2,1H3,(H,15,18). The van der Waals surface area contributed by atoms with Crippen LogP contribution in [0.25, 0.3) is 11.5 Å². The highest BCUT2D eigenvalue weighted by molar-refractivity contribution is 7.08. The Morgan fingerprint density at radius 1 is 1.40 bits per heavy atom. The highest BCUT2D eigenvalue weighted by atomic mass is 32.1. The number of aryl methyl sites for hydroxylation is 1. The predicted molar refractivity (Wildman–Crippen MR) is 78.5 cm³/mol. The van der Waals surface area contributed by atoms with Gasteiger partial charge in [-0.05, 0) is 17.9 Å². The maximum Gasteiger partial charge on any atom is 0.248 e. The molecule has 0 aliphatic rings. The van der Waals surface area contributed by atoms with Crippen molar-refractivity contribution in [1.82, 2.24) is 15.5 Å². The average Bonchev–Trinajstić information content (AvgIpc) is 3.11. The molecule has 1 N–H and O–H groups in total. The fraction of sp³-hybridized carbons (Fsp3) is 0.500. The number of carbonyl (C=O) groups excluding carboxylic acids is 1. The van der Waals surface area contributed by atoms with Gasteiger partial charge in [0.05, 0.1) is 0 Å². The van der Waals surface area contributed by atoms with E-state index < -0.39 is 0 Å². The first kappa shape index (κ1) is 14.7. The number of hydrogen-bond acceptors (Lipinski definition) is 5. The van der Waals surface area contributed by atoms with Gasteiger partial charge in [0.1, 0.15) is 0 Å². The van der Waals surface area contributed by atoms with Crippen molar-refractivity contribution in [3.05, 3.63) is 22.7 Å². The Hall–Kier alpha value is -1.69. The fourth-order valence-corrected chi connectivity index (χ4v) is 2.40. The van der Waals surface area contributed by atoms with E-state index in [1.165, 1.54) is 0 Å². The van der Waals surface area contributed by atoms with E-state index >= 15 is 0 Å². The van der Waals surface area contributed by atoms with E-state index in [2.05, 4.69) is 22.4 Å². The van der Waals surface area contributed by atoms with Crippen LogP contribution in [0.5, 0.6) is 0 Å². The number of hydrogen-bond donors (Lipinski definition) is 1. The van der Waals surface area contributed by atoms with Crippen LogP contribution < -0.4 is 5.32 Å². The van der Waals surface area contributed by atoms with Crippen molar-refractivity contribution in [3.63, 3.8) is 0 Å². The van der Waals surface area contributed by atoms with Gasteiger partial charge >= 0.3 is 0 Å². The second-order valence-electron chi connectivity index (χ2n) is 4.57. The quantitative estimate of drug-likeness (QED) is 0.760. The van der Waals surface area contributed by atoms with Gasteiger partial charge < -0.3 is 9.73 Å². The Kier molecular flexibility index (Phi) is 5.73. The summed E-state index contributed by atoms with van der Waals surface area (Å²) in [6.45, 7) is 2.89.